The van der Waals surface area contributed by atoms with Crippen molar-refractivity contribution in [2.45, 2.75) is 19.8 Å². The number of hydrogen-bond acceptors (Lipinski definition) is 2. The lowest BCUT2D eigenvalue weighted by Gasteiger charge is -2.15. The monoisotopic (exact) mass is 390 g/mol. The van der Waals surface area contributed by atoms with Gasteiger partial charge in [0.15, 0.2) is 5.11 Å². The number of methoxy groups -OCH3 is 1. The molecule has 0 aliphatic rings. The Labute approximate surface area is 172 Å². The fourth-order valence-corrected chi connectivity index (χ4v) is 3.26. The van der Waals surface area contributed by atoms with Gasteiger partial charge in [0.2, 0.25) is 0 Å². The summed E-state index contributed by atoms with van der Waals surface area (Å²) >= 11 is 5.48. The number of nitrogens with one attached hydrogen (secondary N) is 2. The van der Waals surface area contributed by atoms with E-state index in [2.05, 4.69) is 66.1 Å². The highest BCUT2D eigenvalue weighted by molar-refractivity contribution is 7.80. The number of ether oxygens (including phenoxy) is 1. The van der Waals surface area contributed by atoms with Gasteiger partial charge in [0.1, 0.15) is 5.75 Å². The summed E-state index contributed by atoms with van der Waals surface area (Å²) in [6.45, 7) is 2.94. The second-order valence-electron chi connectivity index (χ2n) is 6.58. The van der Waals surface area contributed by atoms with Crippen LogP contribution in [0.15, 0.2) is 72.8 Å². The zero-order valence-corrected chi connectivity index (χ0v) is 17.2. The first kappa shape index (κ1) is 19.9. The number of anilines is 1. The summed E-state index contributed by atoms with van der Waals surface area (Å²) in [6.07, 6.45) is 1.99. The van der Waals surface area contributed by atoms with Gasteiger partial charge >= 0.3 is 0 Å². The van der Waals surface area contributed by atoms with Gasteiger partial charge in [0, 0.05) is 6.54 Å². The van der Waals surface area contributed by atoms with Crippen molar-refractivity contribution < 1.29 is 4.74 Å². The first-order valence-corrected chi connectivity index (χ1v) is 9.96. The van der Waals surface area contributed by atoms with Gasteiger partial charge in [-0.25, -0.2) is 0 Å². The van der Waals surface area contributed by atoms with Gasteiger partial charge in [-0.3, -0.25) is 0 Å². The van der Waals surface area contributed by atoms with Crippen molar-refractivity contribution in [1.29, 1.82) is 0 Å². The van der Waals surface area contributed by atoms with Crippen LogP contribution in [-0.4, -0.2) is 18.8 Å². The first-order chi connectivity index (χ1) is 13.7. The van der Waals surface area contributed by atoms with Crippen LogP contribution in [0, 0.1) is 0 Å². The van der Waals surface area contributed by atoms with Gasteiger partial charge in [-0.15, -0.1) is 0 Å². The molecule has 3 rings (SSSR count). The van der Waals surface area contributed by atoms with E-state index in [1.165, 1.54) is 11.1 Å². The Bertz CT molecular complexity index is 908. The third kappa shape index (κ3) is 5.33. The molecule has 144 valence electrons. The van der Waals surface area contributed by atoms with Crippen LogP contribution in [0.5, 0.6) is 5.75 Å². The molecule has 0 aromatic heterocycles. The predicted octanol–water partition coefficient (Wildman–Crippen LogP) is 5.45. The van der Waals surface area contributed by atoms with Crippen LogP contribution in [-0.2, 0) is 12.8 Å². The minimum absolute atomic E-state index is 0.591. The first-order valence-electron chi connectivity index (χ1n) is 9.55. The Hall–Kier alpha value is -2.85. The molecule has 3 aromatic carbocycles. The smallest absolute Gasteiger partial charge is 0.170 e. The third-order valence-electron chi connectivity index (χ3n) is 4.69. The van der Waals surface area contributed by atoms with E-state index in [0.29, 0.717) is 5.11 Å². The lowest BCUT2D eigenvalue weighted by molar-refractivity contribution is 0.417. The highest BCUT2D eigenvalue weighted by Gasteiger charge is 2.08. The van der Waals surface area contributed by atoms with Crippen LogP contribution in [0.3, 0.4) is 0 Å². The Kier molecular flexibility index (Phi) is 7.04. The molecule has 0 saturated carbocycles. The molecule has 2 N–H and O–H groups in total. The normalized spacial score (nSPS) is 10.4. The van der Waals surface area contributed by atoms with Crippen LogP contribution in [0.25, 0.3) is 11.1 Å². The SMILES string of the molecule is CCc1ccc(CCNC(=S)Nc2cc(-c3ccccc3)ccc2OC)cc1. The molecule has 0 atom stereocenters. The van der Waals surface area contributed by atoms with Crippen molar-refractivity contribution in [3.05, 3.63) is 83.9 Å². The summed E-state index contributed by atoms with van der Waals surface area (Å²) in [6, 6.07) is 25.1. The summed E-state index contributed by atoms with van der Waals surface area (Å²) < 4.78 is 5.48. The molecule has 4 heteroatoms. The molecule has 0 fully saturated rings. The Morgan fingerprint density at radius 2 is 1.61 bits per heavy atom. The van der Waals surface area contributed by atoms with Gasteiger partial charge in [0.25, 0.3) is 0 Å². The number of benzene rings is 3. The number of aryl methyl sites for hydroxylation is 1. The predicted molar refractivity (Wildman–Crippen MR) is 122 cm³/mol. The van der Waals surface area contributed by atoms with Gasteiger partial charge in [-0.1, -0.05) is 67.6 Å². The maximum absolute atomic E-state index is 5.48. The fourth-order valence-electron chi connectivity index (χ4n) is 3.04. The van der Waals surface area contributed by atoms with Gasteiger partial charge in [0.05, 0.1) is 12.8 Å². The van der Waals surface area contributed by atoms with E-state index >= 15 is 0 Å². The van der Waals surface area contributed by atoms with E-state index in [0.717, 1.165) is 42.0 Å². The van der Waals surface area contributed by atoms with Crippen LogP contribution < -0.4 is 15.4 Å². The highest BCUT2D eigenvalue weighted by atomic mass is 32.1. The lowest BCUT2D eigenvalue weighted by Crippen LogP contribution is -2.30. The Morgan fingerprint density at radius 3 is 2.29 bits per heavy atom. The second kappa shape index (κ2) is 9.90. The standard InChI is InChI=1S/C24H26N2OS/c1-3-18-9-11-19(12-10-18)15-16-25-24(28)26-22-17-21(13-14-23(22)27-2)20-7-5-4-6-8-20/h4-14,17H,3,15-16H2,1-2H3,(H2,25,26,28). The number of thiocarbonyl (C=S) groups is 1. The fraction of sp³-hybridized carbons (Fsp3) is 0.208. The molecular weight excluding hydrogens is 364 g/mol. The molecule has 0 saturated heterocycles. The summed E-state index contributed by atoms with van der Waals surface area (Å²) in [5.74, 6) is 0.763. The van der Waals surface area contributed by atoms with Crippen molar-refractivity contribution in [1.82, 2.24) is 5.32 Å². The minimum Gasteiger partial charge on any atom is -0.495 e. The molecule has 0 amide bonds. The maximum atomic E-state index is 5.48. The minimum atomic E-state index is 0.591. The van der Waals surface area contributed by atoms with Crippen molar-refractivity contribution >= 4 is 23.0 Å². The summed E-state index contributed by atoms with van der Waals surface area (Å²) in [5.41, 5.74) is 5.79. The highest BCUT2D eigenvalue weighted by Crippen LogP contribution is 2.30. The largest absolute Gasteiger partial charge is 0.495 e. The Balaban J connectivity index is 1.60. The Morgan fingerprint density at radius 1 is 0.893 bits per heavy atom. The molecule has 0 spiro atoms. The zero-order valence-electron chi connectivity index (χ0n) is 16.4. The summed E-state index contributed by atoms with van der Waals surface area (Å²) in [5, 5.41) is 7.15. The van der Waals surface area contributed by atoms with E-state index in [9.17, 15) is 0 Å². The zero-order chi connectivity index (χ0) is 19.8. The van der Waals surface area contributed by atoms with E-state index in [-0.39, 0.29) is 0 Å². The van der Waals surface area contributed by atoms with Crippen LogP contribution in [0.2, 0.25) is 0 Å². The molecule has 0 aliphatic heterocycles. The molecule has 0 bridgehead atoms. The molecule has 3 nitrogen and oxygen atoms in total. The van der Waals surface area contributed by atoms with Crippen LogP contribution in [0.1, 0.15) is 18.1 Å². The quantitative estimate of drug-likeness (QED) is 0.525. The van der Waals surface area contributed by atoms with Crippen LogP contribution >= 0.6 is 12.2 Å². The molecule has 0 heterocycles. The molecule has 0 aliphatic carbocycles. The van der Waals surface area contributed by atoms with Crippen molar-refractivity contribution in [3.63, 3.8) is 0 Å². The van der Waals surface area contributed by atoms with Gasteiger partial charge < -0.3 is 15.4 Å². The average Bonchev–Trinajstić information content (AvgIpc) is 2.75. The third-order valence-corrected chi connectivity index (χ3v) is 4.93. The van der Waals surface area contributed by atoms with E-state index in [1.807, 2.05) is 24.3 Å². The van der Waals surface area contributed by atoms with E-state index < -0.39 is 0 Å². The van der Waals surface area contributed by atoms with Crippen molar-refractivity contribution in [2.24, 2.45) is 0 Å². The molecule has 3 aromatic rings. The topological polar surface area (TPSA) is 33.3 Å². The number of rotatable bonds is 7. The number of hydrogen-bond donors (Lipinski definition) is 2. The van der Waals surface area contributed by atoms with Gasteiger partial charge in [-0.2, -0.15) is 0 Å². The van der Waals surface area contributed by atoms with Crippen LogP contribution in [0.4, 0.5) is 5.69 Å². The van der Waals surface area contributed by atoms with E-state index in [1.54, 1.807) is 7.11 Å². The molecule has 0 unspecified atom stereocenters. The average molecular weight is 391 g/mol. The summed E-state index contributed by atoms with van der Waals surface area (Å²) in [7, 11) is 1.67. The molecule has 28 heavy (non-hydrogen) atoms. The molecular formula is C24H26N2OS. The summed E-state index contributed by atoms with van der Waals surface area (Å²) in [4.78, 5) is 0. The van der Waals surface area contributed by atoms with E-state index in [4.69, 9.17) is 17.0 Å². The lowest BCUT2D eigenvalue weighted by atomic mass is 10.0. The van der Waals surface area contributed by atoms with Gasteiger partial charge in [-0.05, 0) is 59.4 Å². The van der Waals surface area contributed by atoms with Crippen molar-refractivity contribution in [3.8, 4) is 16.9 Å². The maximum Gasteiger partial charge on any atom is 0.170 e. The molecule has 0 radical (unpaired) electrons. The van der Waals surface area contributed by atoms with Crippen molar-refractivity contribution in [2.75, 3.05) is 19.0 Å². The second-order valence-corrected chi connectivity index (χ2v) is 6.99.